The summed E-state index contributed by atoms with van der Waals surface area (Å²) in [7, 11) is 0. The Labute approximate surface area is 90.3 Å². The van der Waals surface area contributed by atoms with Gasteiger partial charge in [0.05, 0.1) is 5.57 Å². The number of hydrogen-bond acceptors (Lipinski definition) is 1. The third-order valence-electron chi connectivity index (χ3n) is 2.38. The van der Waals surface area contributed by atoms with Crippen LogP contribution in [0.4, 0.5) is 0 Å². The Morgan fingerprint density at radius 2 is 1.93 bits per heavy atom. The zero-order valence-electron chi connectivity index (χ0n) is 8.99. The van der Waals surface area contributed by atoms with Crippen molar-refractivity contribution in [1.29, 1.82) is 0 Å². The molecule has 0 saturated heterocycles. The van der Waals surface area contributed by atoms with E-state index < -0.39 is 5.97 Å². The SMILES string of the molecule is C=C(C(=O)O)c1ccc(CCCC)cc1. The standard InChI is InChI=1S/C13H16O2/c1-3-4-5-11-6-8-12(9-7-11)10(2)13(14)15/h6-9H,2-5H2,1H3,(H,14,15). The van der Waals surface area contributed by atoms with Crippen LogP contribution in [0.15, 0.2) is 30.8 Å². The molecule has 0 bridgehead atoms. The van der Waals surface area contributed by atoms with E-state index in [0.717, 1.165) is 6.42 Å². The highest BCUT2D eigenvalue weighted by Gasteiger charge is 2.06. The van der Waals surface area contributed by atoms with Gasteiger partial charge in [-0.1, -0.05) is 44.2 Å². The number of rotatable bonds is 5. The lowest BCUT2D eigenvalue weighted by Gasteiger charge is -2.03. The highest BCUT2D eigenvalue weighted by molar-refractivity contribution is 6.14. The first-order valence-corrected chi connectivity index (χ1v) is 5.16. The quantitative estimate of drug-likeness (QED) is 0.748. The average molecular weight is 204 g/mol. The summed E-state index contributed by atoms with van der Waals surface area (Å²) in [6.45, 7) is 5.67. The fraction of sp³-hybridized carbons (Fsp3) is 0.308. The van der Waals surface area contributed by atoms with E-state index in [1.165, 1.54) is 18.4 Å². The summed E-state index contributed by atoms with van der Waals surface area (Å²) in [4.78, 5) is 10.7. The molecule has 0 aliphatic carbocycles. The average Bonchev–Trinajstić information content (AvgIpc) is 2.26. The molecule has 1 aromatic carbocycles. The minimum absolute atomic E-state index is 0.150. The number of benzene rings is 1. The predicted molar refractivity (Wildman–Crippen MR) is 61.7 cm³/mol. The summed E-state index contributed by atoms with van der Waals surface area (Å²) in [6, 6.07) is 7.58. The van der Waals surface area contributed by atoms with E-state index in [9.17, 15) is 4.79 Å². The third kappa shape index (κ3) is 3.24. The summed E-state index contributed by atoms with van der Waals surface area (Å²) < 4.78 is 0. The number of aliphatic carboxylic acids is 1. The van der Waals surface area contributed by atoms with Crippen molar-refractivity contribution in [3.8, 4) is 0 Å². The van der Waals surface area contributed by atoms with E-state index in [4.69, 9.17) is 5.11 Å². The van der Waals surface area contributed by atoms with Gasteiger partial charge < -0.3 is 5.11 Å². The number of carbonyl (C=O) groups is 1. The maximum absolute atomic E-state index is 10.7. The molecule has 0 unspecified atom stereocenters. The van der Waals surface area contributed by atoms with Crippen LogP contribution in [-0.2, 0) is 11.2 Å². The van der Waals surface area contributed by atoms with E-state index in [1.807, 2.05) is 24.3 Å². The Bertz CT molecular complexity index is 349. The second kappa shape index (κ2) is 5.35. The van der Waals surface area contributed by atoms with Crippen molar-refractivity contribution in [3.63, 3.8) is 0 Å². The van der Waals surface area contributed by atoms with Crippen molar-refractivity contribution < 1.29 is 9.90 Å². The van der Waals surface area contributed by atoms with Crippen molar-refractivity contribution in [1.82, 2.24) is 0 Å². The third-order valence-corrected chi connectivity index (χ3v) is 2.38. The summed E-state index contributed by atoms with van der Waals surface area (Å²) in [5, 5.41) is 8.75. The molecule has 0 amide bonds. The van der Waals surface area contributed by atoms with Gasteiger partial charge in [-0.2, -0.15) is 0 Å². The molecular formula is C13H16O2. The number of aryl methyl sites for hydroxylation is 1. The molecule has 0 aliphatic rings. The molecule has 0 fully saturated rings. The molecule has 0 radical (unpaired) electrons. The summed E-state index contributed by atoms with van der Waals surface area (Å²) in [6.07, 6.45) is 3.39. The lowest BCUT2D eigenvalue weighted by molar-refractivity contribution is -0.130. The van der Waals surface area contributed by atoms with E-state index in [2.05, 4.69) is 13.5 Å². The van der Waals surface area contributed by atoms with Crippen LogP contribution >= 0.6 is 0 Å². The normalized spacial score (nSPS) is 9.93. The Hall–Kier alpha value is -1.57. The van der Waals surface area contributed by atoms with Gasteiger partial charge in [0.15, 0.2) is 0 Å². The Morgan fingerprint density at radius 1 is 1.33 bits per heavy atom. The van der Waals surface area contributed by atoms with Crippen LogP contribution in [0.2, 0.25) is 0 Å². The predicted octanol–water partition coefficient (Wildman–Crippen LogP) is 3.13. The number of carboxylic acid groups (broad SMARTS) is 1. The molecule has 0 saturated carbocycles. The van der Waals surface area contributed by atoms with E-state index in [1.54, 1.807) is 0 Å². The van der Waals surface area contributed by atoms with Gasteiger partial charge in [-0.3, -0.25) is 0 Å². The molecule has 0 spiro atoms. The van der Waals surface area contributed by atoms with Crippen LogP contribution < -0.4 is 0 Å². The van der Waals surface area contributed by atoms with Crippen molar-refractivity contribution >= 4 is 11.5 Å². The second-order valence-electron chi connectivity index (χ2n) is 3.58. The monoisotopic (exact) mass is 204 g/mol. The van der Waals surface area contributed by atoms with Crippen LogP contribution in [-0.4, -0.2) is 11.1 Å². The molecule has 0 atom stereocenters. The van der Waals surface area contributed by atoms with Gasteiger partial charge in [0.2, 0.25) is 0 Å². The fourth-order valence-corrected chi connectivity index (χ4v) is 1.38. The molecule has 0 aromatic heterocycles. The molecule has 80 valence electrons. The first kappa shape index (κ1) is 11.5. The smallest absolute Gasteiger partial charge is 0.335 e. The maximum Gasteiger partial charge on any atom is 0.335 e. The van der Waals surface area contributed by atoms with Gasteiger partial charge in [-0.15, -0.1) is 0 Å². The van der Waals surface area contributed by atoms with Crippen LogP contribution in [0.3, 0.4) is 0 Å². The summed E-state index contributed by atoms with van der Waals surface area (Å²) >= 11 is 0. The molecule has 2 heteroatoms. The first-order valence-electron chi connectivity index (χ1n) is 5.16. The number of unbranched alkanes of at least 4 members (excludes halogenated alkanes) is 1. The minimum Gasteiger partial charge on any atom is -0.478 e. The van der Waals surface area contributed by atoms with Gasteiger partial charge in [0.1, 0.15) is 0 Å². The van der Waals surface area contributed by atoms with Gasteiger partial charge in [0, 0.05) is 0 Å². The molecule has 2 nitrogen and oxygen atoms in total. The minimum atomic E-state index is -0.962. The summed E-state index contributed by atoms with van der Waals surface area (Å²) in [5.41, 5.74) is 2.08. The van der Waals surface area contributed by atoms with Gasteiger partial charge in [-0.25, -0.2) is 4.79 Å². The largest absolute Gasteiger partial charge is 0.478 e. The van der Waals surface area contributed by atoms with E-state index >= 15 is 0 Å². The first-order chi connectivity index (χ1) is 7.15. The lowest BCUT2D eigenvalue weighted by atomic mass is 10.0. The number of hydrogen-bond donors (Lipinski definition) is 1. The van der Waals surface area contributed by atoms with E-state index in [0.29, 0.717) is 5.56 Å². The maximum atomic E-state index is 10.7. The fourth-order valence-electron chi connectivity index (χ4n) is 1.38. The van der Waals surface area contributed by atoms with Crippen molar-refractivity contribution in [2.45, 2.75) is 26.2 Å². The van der Waals surface area contributed by atoms with Gasteiger partial charge in [-0.05, 0) is 24.0 Å². The Kier molecular flexibility index (Phi) is 4.10. The topological polar surface area (TPSA) is 37.3 Å². The lowest BCUT2D eigenvalue weighted by Crippen LogP contribution is -1.97. The zero-order valence-corrected chi connectivity index (χ0v) is 8.99. The van der Waals surface area contributed by atoms with Crippen LogP contribution in [0.25, 0.3) is 5.57 Å². The van der Waals surface area contributed by atoms with E-state index in [-0.39, 0.29) is 5.57 Å². The molecular weight excluding hydrogens is 188 g/mol. The molecule has 0 aliphatic heterocycles. The Morgan fingerprint density at radius 3 is 2.40 bits per heavy atom. The molecule has 15 heavy (non-hydrogen) atoms. The summed E-state index contributed by atoms with van der Waals surface area (Å²) in [5.74, 6) is -0.962. The molecule has 0 heterocycles. The van der Waals surface area contributed by atoms with Crippen LogP contribution in [0, 0.1) is 0 Å². The Balaban J connectivity index is 2.72. The highest BCUT2D eigenvalue weighted by atomic mass is 16.4. The zero-order chi connectivity index (χ0) is 11.3. The van der Waals surface area contributed by atoms with Gasteiger partial charge >= 0.3 is 5.97 Å². The van der Waals surface area contributed by atoms with Crippen molar-refractivity contribution in [2.75, 3.05) is 0 Å². The van der Waals surface area contributed by atoms with Crippen LogP contribution in [0.1, 0.15) is 30.9 Å². The van der Waals surface area contributed by atoms with Gasteiger partial charge in [0.25, 0.3) is 0 Å². The second-order valence-corrected chi connectivity index (χ2v) is 3.58. The van der Waals surface area contributed by atoms with Crippen LogP contribution in [0.5, 0.6) is 0 Å². The number of carboxylic acids is 1. The highest BCUT2D eigenvalue weighted by Crippen LogP contribution is 2.14. The molecule has 1 rings (SSSR count). The molecule has 1 N–H and O–H groups in total. The van der Waals surface area contributed by atoms with Crippen molar-refractivity contribution in [3.05, 3.63) is 42.0 Å². The molecule has 1 aromatic rings. The van der Waals surface area contributed by atoms with Crippen molar-refractivity contribution in [2.24, 2.45) is 0 Å².